The first-order chi connectivity index (χ1) is 43.7. The van der Waals surface area contributed by atoms with Crippen molar-refractivity contribution in [1.29, 1.82) is 0 Å². The molecule has 0 saturated heterocycles. The van der Waals surface area contributed by atoms with Crippen LogP contribution in [0.5, 0.6) is 23.5 Å². The van der Waals surface area contributed by atoms with E-state index < -0.39 is 15.8 Å². The molecule has 2 N–H and O–H groups in total. The number of thioether (sulfide) groups is 1. The Kier molecular flexibility index (Phi) is 31.8. The molecule has 1 aliphatic heterocycles. The number of pyridine rings is 7. The number of carboxylic acids is 1. The van der Waals surface area contributed by atoms with E-state index in [1.807, 2.05) is 70.6 Å². The van der Waals surface area contributed by atoms with Gasteiger partial charge in [0, 0.05) is 122 Å². The van der Waals surface area contributed by atoms with Crippen molar-refractivity contribution in [3.63, 3.8) is 0 Å². The Morgan fingerprint density at radius 2 is 1.15 bits per heavy atom. The van der Waals surface area contributed by atoms with E-state index in [2.05, 4.69) is 124 Å². The number of rotatable bonds is 12. The molecular weight excluding hydrogens is 1440 g/mol. The van der Waals surface area contributed by atoms with Crippen LogP contribution in [0, 0.1) is 54.4 Å². The molecule has 0 spiro atoms. The van der Waals surface area contributed by atoms with Gasteiger partial charge in [-0.05, 0) is 195 Å². The van der Waals surface area contributed by atoms with Crippen molar-refractivity contribution in [3.8, 4) is 23.5 Å². The van der Waals surface area contributed by atoms with Crippen LogP contribution in [0.1, 0.15) is 88.5 Å². The number of aldehydes is 1. The molecular formula is C66H74Br3ClN8O12S2. The number of aromatic nitrogens is 8. The van der Waals surface area contributed by atoms with Crippen LogP contribution >= 0.6 is 71.2 Å². The summed E-state index contributed by atoms with van der Waals surface area (Å²) in [6, 6.07) is 20.9. The van der Waals surface area contributed by atoms with Gasteiger partial charge in [0.25, 0.3) is 0 Å². The summed E-state index contributed by atoms with van der Waals surface area (Å²) in [6.45, 7) is 14.1. The quantitative estimate of drug-likeness (QED) is 0.0498. The molecule has 20 nitrogen and oxygen atoms in total. The number of carbonyl (C=O) groups is 3. The van der Waals surface area contributed by atoms with Crippen LogP contribution in [-0.4, -0.2) is 124 Å². The molecule has 0 bridgehead atoms. The lowest BCUT2D eigenvalue weighted by atomic mass is 9.94. The number of esters is 1. The Morgan fingerprint density at radius 1 is 0.652 bits per heavy atom. The second-order valence-electron chi connectivity index (χ2n) is 20.3. The number of carboxylic acid groups (broad SMARTS) is 1. The first kappa shape index (κ1) is 77.1. The van der Waals surface area contributed by atoms with Gasteiger partial charge in [0.1, 0.15) is 5.15 Å². The van der Waals surface area contributed by atoms with Crippen LogP contribution < -0.4 is 18.9 Å². The highest BCUT2D eigenvalue weighted by Gasteiger charge is 2.28. The third-order valence-corrected chi connectivity index (χ3v) is 18.2. The van der Waals surface area contributed by atoms with Crippen molar-refractivity contribution in [3.05, 3.63) is 201 Å². The van der Waals surface area contributed by atoms with Crippen molar-refractivity contribution in [2.24, 2.45) is 5.92 Å². The van der Waals surface area contributed by atoms with Gasteiger partial charge < -0.3 is 38.5 Å². The van der Waals surface area contributed by atoms with Gasteiger partial charge in [-0.25, -0.2) is 48.1 Å². The zero-order chi connectivity index (χ0) is 68.4. The zero-order valence-corrected chi connectivity index (χ0v) is 60.6. The first-order valence-electron chi connectivity index (χ1n) is 27.9. The van der Waals surface area contributed by atoms with Crippen LogP contribution in [0.25, 0.3) is 10.9 Å². The van der Waals surface area contributed by atoms with E-state index in [4.69, 9.17) is 35.7 Å². The third-order valence-electron chi connectivity index (χ3n) is 13.8. The minimum Gasteiger partial charge on any atom is -0.481 e. The summed E-state index contributed by atoms with van der Waals surface area (Å²) < 4.78 is 51.6. The molecule has 8 aromatic heterocycles. The second kappa shape index (κ2) is 38.0. The molecule has 0 fully saturated rings. The smallest absolute Gasteiger partial charge is 0.339 e. The Bertz CT molecular complexity index is 4090. The molecule has 1 atom stereocenters. The average Bonchev–Trinajstić information content (AvgIpc) is 3.04. The lowest BCUT2D eigenvalue weighted by Crippen LogP contribution is -2.26. The topological polar surface area (TPSA) is 267 Å². The molecule has 9 heterocycles. The third kappa shape index (κ3) is 23.3. The van der Waals surface area contributed by atoms with Gasteiger partial charge in [-0.2, -0.15) is 0 Å². The molecule has 1 aromatic carbocycles. The van der Waals surface area contributed by atoms with Gasteiger partial charge in [0.05, 0.1) is 58.7 Å². The number of aliphatic hydroxyl groups excluding tert-OH is 1. The number of hydrogen-bond acceptors (Lipinski definition) is 19. The maximum absolute atomic E-state index is 11.5. The molecule has 0 amide bonds. The van der Waals surface area contributed by atoms with E-state index in [9.17, 15) is 27.9 Å². The van der Waals surface area contributed by atoms with Crippen molar-refractivity contribution < 1.29 is 56.7 Å². The van der Waals surface area contributed by atoms with Gasteiger partial charge >= 0.3 is 11.9 Å². The largest absolute Gasteiger partial charge is 0.481 e. The number of benzene rings is 1. The molecule has 0 saturated carbocycles. The lowest BCUT2D eigenvalue weighted by molar-refractivity contribution is -0.142. The van der Waals surface area contributed by atoms with Gasteiger partial charge in [-0.15, -0.1) is 11.8 Å². The summed E-state index contributed by atoms with van der Waals surface area (Å²) in [5.74, 6) is 0.839. The SMILES string of the molecule is COC(=O)c1cnc(OC)cc1C.COc1cc(C)c(C=O)cn1.COc1cc(C)c(CO)cn1.COc1cc(C)c(Cc2c3n(c4ccccc24)CC(C(=O)O)CC3)cn1.CSc1cc(C)c(Br)cn1.Cc1cc(Cl)ncc1Br.Cc1cc(S(C)(=O)=O)ncc1Br. The standard InChI is InChI=1S/C21H22N2O3.C9H11NO3.C8H11NO2.C8H9NO2.C7H8BrNO2S.C7H8BrNS.C6H5BrClN/c1-13-9-20(26-2)22-11-15(13)10-17-16-5-3-4-6-18(16)23-12-14(21(24)25)7-8-19(17)23;1-6-4-8(12-2)10-5-7(6)9(11)13-3;2*1-6-3-8(11-2)9-4-7(6)5-10;1-5-3-7(12(2,10)11)9-4-6(5)8;1-5-3-7(10-2)9-4-6(5)8;1-4-2-6(8)9-3-5(4)7/h3-6,9,11,14H,7-8,10,12H2,1-2H3,(H,24,25);4-5H,1-3H3;3-4,10H,5H2,1-2H3;3-5H,1-2H3;3-4H,1-2H3;3-4H,1-2H3;2-3H,1H3. The monoisotopic (exact) mass is 1510 g/mol. The van der Waals surface area contributed by atoms with Crippen molar-refractivity contribution in [2.75, 3.05) is 48.1 Å². The minimum atomic E-state index is -3.17. The molecule has 490 valence electrons. The highest BCUT2D eigenvalue weighted by Crippen LogP contribution is 2.35. The average molecular weight is 1510 g/mol. The van der Waals surface area contributed by atoms with E-state index in [1.54, 1.807) is 76.7 Å². The molecule has 26 heteroatoms. The fourth-order valence-electron chi connectivity index (χ4n) is 8.41. The minimum absolute atomic E-state index is 0.0306. The number of aliphatic hydroxyl groups is 1. The summed E-state index contributed by atoms with van der Waals surface area (Å²) in [5.41, 5.74) is 13.8. The zero-order valence-electron chi connectivity index (χ0n) is 53.5. The number of nitrogens with zero attached hydrogens (tertiary/aromatic N) is 8. The fraction of sp³-hybridized carbons (Fsp3) is 0.303. The first-order valence-corrected chi connectivity index (χ1v) is 33.8. The van der Waals surface area contributed by atoms with Gasteiger partial charge in [0.2, 0.25) is 23.5 Å². The number of sulfone groups is 1. The van der Waals surface area contributed by atoms with E-state index in [-0.39, 0.29) is 23.5 Å². The van der Waals surface area contributed by atoms with Crippen LogP contribution in [0.15, 0.2) is 134 Å². The fourth-order valence-corrected chi connectivity index (χ4v) is 10.4. The Balaban J connectivity index is 0.000000239. The van der Waals surface area contributed by atoms with Crippen LogP contribution in [0.3, 0.4) is 0 Å². The van der Waals surface area contributed by atoms with Crippen molar-refractivity contribution in [2.45, 2.75) is 90.9 Å². The second-order valence-corrected chi connectivity index (χ2v) is 26.0. The molecule has 9 aromatic rings. The normalized spacial score (nSPS) is 11.8. The number of methoxy groups -OCH3 is 5. The summed E-state index contributed by atoms with van der Waals surface area (Å²) in [5, 5.41) is 21.2. The molecule has 1 aliphatic rings. The number of hydrogen-bond donors (Lipinski definition) is 2. The van der Waals surface area contributed by atoms with Crippen molar-refractivity contribution in [1.82, 2.24) is 39.5 Å². The summed E-state index contributed by atoms with van der Waals surface area (Å²) in [7, 11) is 4.43. The van der Waals surface area contributed by atoms with E-state index in [0.29, 0.717) is 52.8 Å². The number of para-hydroxylation sites is 1. The Hall–Kier alpha value is -7.39. The Labute approximate surface area is 571 Å². The van der Waals surface area contributed by atoms with Gasteiger partial charge in [-0.3, -0.25) is 9.59 Å². The predicted octanol–water partition coefficient (Wildman–Crippen LogP) is 14.1. The van der Waals surface area contributed by atoms with Crippen molar-refractivity contribution >= 4 is 110 Å². The van der Waals surface area contributed by atoms with E-state index >= 15 is 0 Å². The van der Waals surface area contributed by atoms with Gasteiger partial charge in [0.15, 0.2) is 21.1 Å². The molecule has 1 unspecified atom stereocenters. The summed E-state index contributed by atoms with van der Waals surface area (Å²) >= 11 is 17.2. The highest BCUT2D eigenvalue weighted by molar-refractivity contribution is 9.11. The van der Waals surface area contributed by atoms with Gasteiger partial charge in [-0.1, -0.05) is 29.8 Å². The molecule has 10 rings (SSSR count). The number of fused-ring (bicyclic) bond motifs is 3. The lowest BCUT2D eigenvalue weighted by Gasteiger charge is -2.23. The number of carbonyl (C=O) groups excluding carboxylic acids is 2. The molecule has 0 radical (unpaired) electrons. The van der Waals surface area contributed by atoms with Crippen LogP contribution in [0.2, 0.25) is 5.15 Å². The van der Waals surface area contributed by atoms with E-state index in [0.717, 1.165) is 88.3 Å². The highest BCUT2D eigenvalue weighted by atomic mass is 79.9. The van der Waals surface area contributed by atoms with E-state index in [1.165, 1.54) is 60.6 Å². The summed E-state index contributed by atoms with van der Waals surface area (Å²) in [6.07, 6.45) is 17.7. The van der Waals surface area contributed by atoms with Crippen LogP contribution in [-0.2, 0) is 45.4 Å². The predicted molar refractivity (Wildman–Crippen MR) is 369 cm³/mol. The molecule has 0 aliphatic carbocycles. The maximum atomic E-state index is 11.5. The van der Waals surface area contributed by atoms with Crippen LogP contribution in [0.4, 0.5) is 0 Å². The number of ether oxygens (including phenoxy) is 5. The number of halogens is 4. The molecule has 92 heavy (non-hydrogen) atoms. The number of aryl methyl sites for hydroxylation is 7. The summed E-state index contributed by atoms with van der Waals surface area (Å²) in [4.78, 5) is 60.8. The number of aliphatic carboxylic acids is 1. The Morgan fingerprint density at radius 3 is 1.61 bits per heavy atom. The maximum Gasteiger partial charge on any atom is 0.339 e.